The molecule has 2 rings (SSSR count). The van der Waals surface area contributed by atoms with Gasteiger partial charge < -0.3 is 20.1 Å². The Morgan fingerprint density at radius 1 is 1.44 bits per heavy atom. The van der Waals surface area contributed by atoms with E-state index in [0.29, 0.717) is 19.3 Å². The van der Waals surface area contributed by atoms with Crippen molar-refractivity contribution in [3.63, 3.8) is 0 Å². The van der Waals surface area contributed by atoms with Crippen LogP contribution in [0.4, 0.5) is 0 Å². The van der Waals surface area contributed by atoms with E-state index in [2.05, 4.69) is 5.32 Å². The van der Waals surface area contributed by atoms with Crippen LogP contribution in [-0.2, 0) is 9.53 Å². The number of carbonyl (C=O) groups is 1. The molecule has 1 amide bonds. The summed E-state index contributed by atoms with van der Waals surface area (Å²) in [4.78, 5) is 13.4. The second kappa shape index (κ2) is 6.50. The van der Waals surface area contributed by atoms with Crippen LogP contribution in [0.25, 0.3) is 0 Å². The highest BCUT2D eigenvalue weighted by atomic mass is 16.5. The first-order valence-corrected chi connectivity index (χ1v) is 6.95. The van der Waals surface area contributed by atoms with Crippen molar-refractivity contribution >= 4 is 5.91 Å². The number of rotatable bonds is 6. The Morgan fingerprint density at radius 2 is 2.17 bits per heavy atom. The summed E-state index contributed by atoms with van der Waals surface area (Å²) in [7, 11) is 1.81. The number of aliphatic hydroxyl groups excluding tert-OH is 1. The van der Waals surface area contributed by atoms with Crippen LogP contribution in [0.5, 0.6) is 0 Å². The maximum Gasteiger partial charge on any atom is 0.239 e. The van der Waals surface area contributed by atoms with Gasteiger partial charge in [-0.25, -0.2) is 0 Å². The lowest BCUT2D eigenvalue weighted by molar-refractivity contribution is -0.128. The molecule has 1 aliphatic carbocycles. The maximum atomic E-state index is 11.6. The minimum atomic E-state index is -0.524. The van der Waals surface area contributed by atoms with Crippen molar-refractivity contribution in [3.05, 3.63) is 0 Å². The summed E-state index contributed by atoms with van der Waals surface area (Å²) in [6.07, 6.45) is 5.34. The Kier molecular flexibility index (Phi) is 4.97. The summed E-state index contributed by atoms with van der Waals surface area (Å²) in [5, 5.41) is 12.9. The molecule has 2 N–H and O–H groups in total. The average molecular weight is 256 g/mol. The molecule has 1 aliphatic heterocycles. The van der Waals surface area contributed by atoms with Crippen LogP contribution in [0.15, 0.2) is 0 Å². The number of hydrogen-bond donors (Lipinski definition) is 2. The normalized spacial score (nSPS) is 27.1. The molecule has 0 spiro atoms. The molecule has 18 heavy (non-hydrogen) atoms. The van der Waals surface area contributed by atoms with E-state index >= 15 is 0 Å². The fraction of sp³-hybridized carbons (Fsp3) is 0.923. The number of amides is 1. The summed E-state index contributed by atoms with van der Waals surface area (Å²) in [5.74, 6) is 0.124. The zero-order chi connectivity index (χ0) is 13.0. The van der Waals surface area contributed by atoms with E-state index in [4.69, 9.17) is 4.74 Å². The van der Waals surface area contributed by atoms with Crippen LogP contribution in [0.2, 0.25) is 0 Å². The molecule has 2 unspecified atom stereocenters. The third-order valence-electron chi connectivity index (χ3n) is 3.85. The molecule has 0 radical (unpaired) electrons. The van der Waals surface area contributed by atoms with Gasteiger partial charge in [-0.3, -0.25) is 4.79 Å². The van der Waals surface area contributed by atoms with E-state index in [1.165, 1.54) is 12.8 Å². The Labute approximate surface area is 108 Å². The fourth-order valence-corrected chi connectivity index (χ4v) is 2.65. The van der Waals surface area contributed by atoms with Crippen LogP contribution < -0.4 is 5.32 Å². The Hall–Kier alpha value is -0.650. The van der Waals surface area contributed by atoms with E-state index in [9.17, 15) is 9.90 Å². The number of aliphatic hydroxyl groups is 1. The number of nitrogens with one attached hydrogen (secondary N) is 1. The minimum Gasteiger partial charge on any atom is -0.389 e. The van der Waals surface area contributed by atoms with Crippen molar-refractivity contribution in [3.8, 4) is 0 Å². The molecule has 0 aromatic rings. The number of hydrogen-bond acceptors (Lipinski definition) is 4. The lowest BCUT2D eigenvalue weighted by Crippen LogP contribution is -2.42. The summed E-state index contributed by atoms with van der Waals surface area (Å²) in [6, 6.07) is -0.129. The third kappa shape index (κ3) is 3.67. The summed E-state index contributed by atoms with van der Waals surface area (Å²) < 4.78 is 5.64. The Bertz CT molecular complexity index is 279. The van der Waals surface area contributed by atoms with Gasteiger partial charge in [0.05, 0.1) is 24.9 Å². The van der Waals surface area contributed by atoms with E-state index in [-0.39, 0.29) is 11.9 Å². The second-order valence-electron chi connectivity index (χ2n) is 5.40. The predicted molar refractivity (Wildman–Crippen MR) is 68.3 cm³/mol. The first-order valence-electron chi connectivity index (χ1n) is 6.95. The standard InChI is InChI=1S/C13H24N2O3/c1-15-7-6-12(13(15)17)14-8-10(16)9-18-11-4-2-3-5-11/h10-12,14,16H,2-9H2,1H3. The van der Waals surface area contributed by atoms with Gasteiger partial charge in [0.25, 0.3) is 0 Å². The minimum absolute atomic E-state index is 0.124. The van der Waals surface area contributed by atoms with Gasteiger partial charge in [-0.15, -0.1) is 0 Å². The molecule has 2 fully saturated rings. The Morgan fingerprint density at radius 3 is 2.78 bits per heavy atom. The molecule has 2 aliphatic rings. The van der Waals surface area contributed by atoms with Gasteiger partial charge >= 0.3 is 0 Å². The van der Waals surface area contributed by atoms with E-state index in [1.54, 1.807) is 4.90 Å². The Balaban J connectivity index is 1.59. The van der Waals surface area contributed by atoms with Crippen molar-refractivity contribution in [1.82, 2.24) is 10.2 Å². The number of carbonyl (C=O) groups excluding carboxylic acids is 1. The largest absolute Gasteiger partial charge is 0.389 e. The molecule has 0 aromatic heterocycles. The van der Waals surface area contributed by atoms with Gasteiger partial charge in [0.2, 0.25) is 5.91 Å². The van der Waals surface area contributed by atoms with Crippen molar-refractivity contribution < 1.29 is 14.6 Å². The first-order chi connectivity index (χ1) is 8.66. The van der Waals surface area contributed by atoms with E-state index < -0.39 is 6.10 Å². The topological polar surface area (TPSA) is 61.8 Å². The average Bonchev–Trinajstić information content (AvgIpc) is 2.97. The van der Waals surface area contributed by atoms with Gasteiger partial charge in [-0.05, 0) is 19.3 Å². The van der Waals surface area contributed by atoms with Crippen molar-refractivity contribution in [2.75, 3.05) is 26.7 Å². The monoisotopic (exact) mass is 256 g/mol. The molecule has 1 heterocycles. The second-order valence-corrected chi connectivity index (χ2v) is 5.40. The van der Waals surface area contributed by atoms with Gasteiger partial charge in [0, 0.05) is 20.1 Å². The van der Waals surface area contributed by atoms with Gasteiger partial charge in [0.15, 0.2) is 0 Å². The summed E-state index contributed by atoms with van der Waals surface area (Å²) >= 11 is 0. The van der Waals surface area contributed by atoms with Crippen LogP contribution in [0, 0.1) is 0 Å². The molecule has 104 valence electrons. The van der Waals surface area contributed by atoms with Gasteiger partial charge in [-0.2, -0.15) is 0 Å². The number of nitrogens with zero attached hydrogens (tertiary/aromatic N) is 1. The zero-order valence-corrected chi connectivity index (χ0v) is 11.1. The van der Waals surface area contributed by atoms with Crippen LogP contribution in [-0.4, -0.2) is 60.9 Å². The van der Waals surface area contributed by atoms with Crippen molar-refractivity contribution in [2.45, 2.75) is 50.4 Å². The van der Waals surface area contributed by atoms with Crippen LogP contribution in [0.1, 0.15) is 32.1 Å². The van der Waals surface area contributed by atoms with E-state index in [1.807, 2.05) is 7.05 Å². The van der Waals surface area contributed by atoms with Crippen molar-refractivity contribution in [1.29, 1.82) is 0 Å². The van der Waals surface area contributed by atoms with Crippen molar-refractivity contribution in [2.24, 2.45) is 0 Å². The molecular formula is C13H24N2O3. The number of likely N-dealkylation sites (tertiary alicyclic amines) is 1. The zero-order valence-electron chi connectivity index (χ0n) is 11.1. The van der Waals surface area contributed by atoms with Crippen LogP contribution >= 0.6 is 0 Å². The molecular weight excluding hydrogens is 232 g/mol. The quantitative estimate of drug-likeness (QED) is 0.709. The molecule has 5 heteroatoms. The van der Waals surface area contributed by atoms with Gasteiger partial charge in [-0.1, -0.05) is 12.8 Å². The molecule has 1 saturated heterocycles. The van der Waals surface area contributed by atoms with E-state index in [0.717, 1.165) is 25.8 Å². The molecule has 0 bridgehead atoms. The highest BCUT2D eigenvalue weighted by Crippen LogP contribution is 2.20. The van der Waals surface area contributed by atoms with Crippen LogP contribution in [0.3, 0.4) is 0 Å². The maximum absolute atomic E-state index is 11.6. The van der Waals surface area contributed by atoms with Gasteiger partial charge in [0.1, 0.15) is 0 Å². The lowest BCUT2D eigenvalue weighted by Gasteiger charge is -2.18. The predicted octanol–water partition coefficient (Wildman–Crippen LogP) is 0.127. The SMILES string of the molecule is CN1CCC(NCC(O)COC2CCCC2)C1=O. The lowest BCUT2D eigenvalue weighted by atomic mass is 10.2. The highest BCUT2D eigenvalue weighted by Gasteiger charge is 2.28. The highest BCUT2D eigenvalue weighted by molar-refractivity contribution is 5.83. The molecule has 0 aromatic carbocycles. The first kappa shape index (κ1) is 13.8. The molecule has 1 saturated carbocycles. The summed E-state index contributed by atoms with van der Waals surface area (Å²) in [6.45, 7) is 1.59. The number of likely N-dealkylation sites (N-methyl/N-ethyl adjacent to an activating group) is 1. The number of ether oxygens (including phenoxy) is 1. The fourth-order valence-electron chi connectivity index (χ4n) is 2.65. The summed E-state index contributed by atoms with van der Waals surface area (Å²) in [5.41, 5.74) is 0. The molecule has 5 nitrogen and oxygen atoms in total. The molecule has 2 atom stereocenters. The third-order valence-corrected chi connectivity index (χ3v) is 3.85. The smallest absolute Gasteiger partial charge is 0.239 e.